The fourth-order valence-corrected chi connectivity index (χ4v) is 2.45. The van der Waals surface area contributed by atoms with E-state index in [1.165, 1.54) is 0 Å². The van der Waals surface area contributed by atoms with Crippen LogP contribution < -0.4 is 4.74 Å². The third-order valence-corrected chi connectivity index (χ3v) is 3.86. The molecule has 0 aromatic heterocycles. The predicted molar refractivity (Wildman–Crippen MR) is 95.0 cm³/mol. The number of likely N-dealkylation sites (N-methyl/N-ethyl adjacent to an activating group) is 1. The van der Waals surface area contributed by atoms with Crippen LogP contribution in [-0.4, -0.2) is 37.1 Å². The minimum absolute atomic E-state index is 0.0917. The number of hydrogen-bond acceptors (Lipinski definition) is 4. The molecule has 4 nitrogen and oxygen atoms in total. The zero-order valence-electron chi connectivity index (χ0n) is 14.4. The number of rotatable bonds is 9. The van der Waals surface area contributed by atoms with Crippen molar-refractivity contribution in [1.82, 2.24) is 4.90 Å². The molecule has 0 fully saturated rings. The zero-order chi connectivity index (χ0) is 17.2. The number of para-hydroxylation sites is 1. The fourth-order valence-electron chi connectivity index (χ4n) is 2.45. The van der Waals surface area contributed by atoms with Crippen molar-refractivity contribution in [2.24, 2.45) is 0 Å². The number of carbonyl (C=O) groups is 1. The number of ether oxygens (including phenoxy) is 2. The van der Waals surface area contributed by atoms with Crippen LogP contribution in [0.5, 0.6) is 5.75 Å². The topological polar surface area (TPSA) is 38.8 Å². The molecule has 0 aliphatic heterocycles. The van der Waals surface area contributed by atoms with Crippen LogP contribution in [0, 0.1) is 0 Å². The monoisotopic (exact) mass is 327 g/mol. The van der Waals surface area contributed by atoms with Crippen molar-refractivity contribution in [2.75, 3.05) is 26.2 Å². The van der Waals surface area contributed by atoms with Crippen molar-refractivity contribution in [3.63, 3.8) is 0 Å². The van der Waals surface area contributed by atoms with Gasteiger partial charge in [0, 0.05) is 6.54 Å². The summed E-state index contributed by atoms with van der Waals surface area (Å²) in [7, 11) is 0. The van der Waals surface area contributed by atoms with E-state index in [9.17, 15) is 4.79 Å². The van der Waals surface area contributed by atoms with Gasteiger partial charge in [0.2, 0.25) is 0 Å². The van der Waals surface area contributed by atoms with Gasteiger partial charge in [0.1, 0.15) is 11.9 Å². The lowest BCUT2D eigenvalue weighted by Crippen LogP contribution is -2.31. The van der Waals surface area contributed by atoms with Crippen LogP contribution in [0.25, 0.3) is 0 Å². The second-order valence-corrected chi connectivity index (χ2v) is 5.48. The molecule has 0 amide bonds. The molecule has 0 saturated carbocycles. The summed E-state index contributed by atoms with van der Waals surface area (Å²) in [6, 6.07) is 19.1. The van der Waals surface area contributed by atoms with E-state index in [1.807, 2.05) is 60.7 Å². The van der Waals surface area contributed by atoms with Crippen molar-refractivity contribution in [1.29, 1.82) is 0 Å². The quantitative estimate of drug-likeness (QED) is 0.659. The first-order valence-electron chi connectivity index (χ1n) is 8.37. The fraction of sp³-hybridized carbons (Fsp3) is 0.350. The maximum atomic E-state index is 12.2. The molecule has 0 saturated heterocycles. The first-order chi connectivity index (χ1) is 11.7. The molecule has 2 rings (SSSR count). The van der Waals surface area contributed by atoms with E-state index in [2.05, 4.69) is 18.7 Å². The molecule has 0 bridgehead atoms. The normalized spacial score (nSPS) is 12.0. The largest absolute Gasteiger partial charge is 0.482 e. The summed E-state index contributed by atoms with van der Waals surface area (Å²) in [6.07, 6.45) is -0.294. The maximum Gasteiger partial charge on any atom is 0.344 e. The Labute approximate surface area is 144 Å². The minimum atomic E-state index is -0.361. The van der Waals surface area contributed by atoms with Crippen LogP contribution in [0.3, 0.4) is 0 Å². The molecule has 24 heavy (non-hydrogen) atoms. The SMILES string of the molecule is CCN(CC)CC(OC(=O)COc1ccccc1)c1ccccc1. The number of esters is 1. The molecule has 0 aliphatic rings. The van der Waals surface area contributed by atoms with Gasteiger partial charge in [0.05, 0.1) is 0 Å². The molecular formula is C20H25NO3. The molecule has 1 atom stereocenters. The third-order valence-electron chi connectivity index (χ3n) is 3.86. The molecule has 0 aliphatic carbocycles. The second-order valence-electron chi connectivity index (χ2n) is 5.48. The van der Waals surface area contributed by atoms with Crippen molar-refractivity contribution >= 4 is 5.97 Å². The number of benzene rings is 2. The van der Waals surface area contributed by atoms with Gasteiger partial charge in [-0.05, 0) is 30.8 Å². The van der Waals surface area contributed by atoms with Gasteiger partial charge < -0.3 is 9.47 Å². The van der Waals surface area contributed by atoms with E-state index in [0.717, 1.165) is 18.7 Å². The number of nitrogens with zero attached hydrogens (tertiary/aromatic N) is 1. The number of hydrogen-bond donors (Lipinski definition) is 0. The molecule has 128 valence electrons. The van der Waals surface area contributed by atoms with Gasteiger partial charge in [-0.2, -0.15) is 0 Å². The van der Waals surface area contributed by atoms with Crippen molar-refractivity contribution < 1.29 is 14.3 Å². The standard InChI is InChI=1S/C20H25NO3/c1-3-21(4-2)15-19(17-11-7-5-8-12-17)24-20(22)16-23-18-13-9-6-10-14-18/h5-14,19H,3-4,15-16H2,1-2H3. The summed E-state index contributed by atoms with van der Waals surface area (Å²) < 4.78 is 11.2. The van der Waals surface area contributed by atoms with Crippen LogP contribution >= 0.6 is 0 Å². The zero-order valence-corrected chi connectivity index (χ0v) is 14.4. The summed E-state index contributed by atoms with van der Waals surface area (Å²) in [5.74, 6) is 0.300. The van der Waals surface area contributed by atoms with E-state index in [4.69, 9.17) is 9.47 Å². The Morgan fingerprint density at radius 3 is 2.12 bits per heavy atom. The minimum Gasteiger partial charge on any atom is -0.482 e. The highest BCUT2D eigenvalue weighted by Gasteiger charge is 2.19. The average molecular weight is 327 g/mol. The molecule has 0 spiro atoms. The maximum absolute atomic E-state index is 12.2. The Bertz CT molecular complexity index is 597. The highest BCUT2D eigenvalue weighted by molar-refractivity contribution is 5.71. The molecule has 4 heteroatoms. The van der Waals surface area contributed by atoms with Gasteiger partial charge in [-0.25, -0.2) is 4.79 Å². The Morgan fingerprint density at radius 1 is 0.958 bits per heavy atom. The third kappa shape index (κ3) is 5.70. The molecule has 2 aromatic carbocycles. The van der Waals surface area contributed by atoms with E-state index >= 15 is 0 Å². The van der Waals surface area contributed by atoms with Crippen molar-refractivity contribution in [2.45, 2.75) is 20.0 Å². The van der Waals surface area contributed by atoms with Gasteiger partial charge in [-0.1, -0.05) is 62.4 Å². The summed E-state index contributed by atoms with van der Waals surface area (Å²) in [6.45, 7) is 6.62. The molecule has 0 radical (unpaired) electrons. The predicted octanol–water partition coefficient (Wildman–Crippen LogP) is 3.69. The Balaban J connectivity index is 1.97. The molecule has 2 aromatic rings. The Morgan fingerprint density at radius 2 is 1.54 bits per heavy atom. The van der Waals surface area contributed by atoms with Crippen LogP contribution in [0.2, 0.25) is 0 Å². The van der Waals surface area contributed by atoms with Crippen molar-refractivity contribution in [3.05, 3.63) is 66.2 Å². The van der Waals surface area contributed by atoms with Crippen LogP contribution in [-0.2, 0) is 9.53 Å². The summed E-state index contributed by atoms with van der Waals surface area (Å²) in [5, 5.41) is 0. The highest BCUT2D eigenvalue weighted by Crippen LogP contribution is 2.19. The molecule has 0 heterocycles. The van der Waals surface area contributed by atoms with Gasteiger partial charge in [-0.15, -0.1) is 0 Å². The molecule has 1 unspecified atom stereocenters. The van der Waals surface area contributed by atoms with Gasteiger partial charge >= 0.3 is 5.97 Å². The Hall–Kier alpha value is -2.33. The van der Waals surface area contributed by atoms with Gasteiger partial charge in [0.25, 0.3) is 0 Å². The van der Waals surface area contributed by atoms with Crippen LogP contribution in [0.15, 0.2) is 60.7 Å². The lowest BCUT2D eigenvalue weighted by atomic mass is 10.1. The van der Waals surface area contributed by atoms with E-state index < -0.39 is 0 Å². The second kappa shape index (κ2) is 9.73. The smallest absolute Gasteiger partial charge is 0.344 e. The lowest BCUT2D eigenvalue weighted by Gasteiger charge is -2.25. The van der Waals surface area contributed by atoms with E-state index in [1.54, 1.807) is 0 Å². The summed E-state index contributed by atoms with van der Waals surface area (Å²) in [4.78, 5) is 14.4. The van der Waals surface area contributed by atoms with Crippen molar-refractivity contribution in [3.8, 4) is 5.75 Å². The first-order valence-corrected chi connectivity index (χ1v) is 8.37. The first kappa shape index (κ1) is 18.0. The number of carbonyl (C=O) groups excluding carboxylic acids is 1. The highest BCUT2D eigenvalue weighted by atomic mass is 16.6. The van der Waals surface area contributed by atoms with Gasteiger partial charge in [0.15, 0.2) is 6.61 Å². The lowest BCUT2D eigenvalue weighted by molar-refractivity contribution is -0.152. The van der Waals surface area contributed by atoms with E-state index in [-0.39, 0.29) is 18.7 Å². The average Bonchev–Trinajstić information content (AvgIpc) is 2.65. The summed E-state index contributed by atoms with van der Waals surface area (Å²) >= 11 is 0. The van der Waals surface area contributed by atoms with E-state index in [0.29, 0.717) is 12.3 Å². The molecule has 0 N–H and O–H groups in total. The van der Waals surface area contributed by atoms with Crippen LogP contribution in [0.4, 0.5) is 0 Å². The van der Waals surface area contributed by atoms with Gasteiger partial charge in [-0.3, -0.25) is 4.90 Å². The van der Waals surface area contributed by atoms with Crippen LogP contribution in [0.1, 0.15) is 25.5 Å². The molecular weight excluding hydrogens is 302 g/mol. The summed E-state index contributed by atoms with van der Waals surface area (Å²) in [5.41, 5.74) is 0.998. The Kier molecular flexibility index (Phi) is 7.30.